The molecule has 3 nitrogen and oxygen atoms in total. The quantitative estimate of drug-likeness (QED) is 0.195. The summed E-state index contributed by atoms with van der Waals surface area (Å²) < 4.78 is 6.31. The smallest absolute Gasteiger partial charge is 0.231 e. The van der Waals surface area contributed by atoms with Gasteiger partial charge in [0.25, 0.3) is 0 Å². The summed E-state index contributed by atoms with van der Waals surface area (Å²) in [6, 6.07) is 47.9. The molecule has 2 heterocycles. The first kappa shape index (κ1) is 28.2. The fourth-order valence-corrected chi connectivity index (χ4v) is 8.52. The Morgan fingerprint density at radius 1 is 0.449 bits per heavy atom. The van der Waals surface area contributed by atoms with Crippen LogP contribution in [0.15, 0.2) is 138 Å². The van der Waals surface area contributed by atoms with Gasteiger partial charge in [-0.2, -0.15) is 4.98 Å². The summed E-state index contributed by atoms with van der Waals surface area (Å²) in [6.45, 7) is 9.46. The van der Waals surface area contributed by atoms with Crippen molar-refractivity contribution < 1.29 is 4.42 Å². The maximum absolute atomic E-state index is 6.31. The molecule has 10 rings (SSSR count). The molecule has 0 N–H and O–H groups in total. The minimum Gasteiger partial charge on any atom is -0.438 e. The van der Waals surface area contributed by atoms with Crippen LogP contribution in [0.3, 0.4) is 0 Å². The van der Waals surface area contributed by atoms with Gasteiger partial charge in [0.1, 0.15) is 5.58 Å². The molecule has 234 valence electrons. The molecular formula is C46H34N2O. The second kappa shape index (κ2) is 9.87. The SMILES string of the molecule is CC1(C)c2ccccc2-c2cc3c(cc21)-c1cc(-c2cccc(-c4nc(-c5ccccc5)c5c(n4)oc4ccccc45)c2)ccc1C3(C)C. The zero-order valence-electron chi connectivity index (χ0n) is 28.0. The summed E-state index contributed by atoms with van der Waals surface area (Å²) in [6.07, 6.45) is 0. The van der Waals surface area contributed by atoms with Gasteiger partial charge in [-0.1, -0.05) is 131 Å². The van der Waals surface area contributed by atoms with Crippen LogP contribution >= 0.6 is 0 Å². The first-order valence-electron chi connectivity index (χ1n) is 17.1. The van der Waals surface area contributed by atoms with Gasteiger partial charge in [-0.3, -0.25) is 0 Å². The lowest BCUT2D eigenvalue weighted by molar-refractivity contribution is 0.652. The Kier molecular flexibility index (Phi) is 5.69. The summed E-state index contributed by atoms with van der Waals surface area (Å²) >= 11 is 0. The number of furan rings is 1. The van der Waals surface area contributed by atoms with E-state index in [1.165, 1.54) is 50.1 Å². The van der Waals surface area contributed by atoms with E-state index < -0.39 is 0 Å². The average molecular weight is 631 g/mol. The monoisotopic (exact) mass is 630 g/mol. The Morgan fingerprint density at radius 2 is 1.06 bits per heavy atom. The first-order valence-corrected chi connectivity index (χ1v) is 17.1. The molecule has 0 atom stereocenters. The van der Waals surface area contributed by atoms with Gasteiger partial charge in [0.2, 0.25) is 5.71 Å². The van der Waals surface area contributed by atoms with Crippen molar-refractivity contribution in [1.82, 2.24) is 9.97 Å². The lowest BCUT2D eigenvalue weighted by Gasteiger charge is -2.24. The Bertz CT molecular complexity index is 2660. The topological polar surface area (TPSA) is 38.9 Å². The third kappa shape index (κ3) is 3.96. The maximum atomic E-state index is 6.31. The van der Waals surface area contributed by atoms with Gasteiger partial charge in [0.15, 0.2) is 5.82 Å². The molecule has 0 unspecified atom stereocenters. The van der Waals surface area contributed by atoms with Crippen molar-refractivity contribution in [1.29, 1.82) is 0 Å². The van der Waals surface area contributed by atoms with Crippen LogP contribution in [-0.2, 0) is 10.8 Å². The van der Waals surface area contributed by atoms with Crippen LogP contribution < -0.4 is 0 Å². The number of hydrogen-bond donors (Lipinski definition) is 0. The van der Waals surface area contributed by atoms with E-state index in [1.807, 2.05) is 36.4 Å². The Morgan fingerprint density at radius 3 is 1.88 bits per heavy atom. The molecule has 49 heavy (non-hydrogen) atoms. The van der Waals surface area contributed by atoms with E-state index in [0.29, 0.717) is 11.5 Å². The number of benzene rings is 6. The van der Waals surface area contributed by atoms with Crippen LogP contribution in [0, 0.1) is 0 Å². The number of hydrogen-bond acceptors (Lipinski definition) is 3. The standard InChI is InChI=1S/C46H34N2O/c1-45(2)36-19-10-8-17-31(36)34-25-39-35(26-38(34)45)33-24-29(21-22-37(33)46(39,3)4)28-15-12-16-30(23-28)43-47-42(27-13-6-5-7-14-27)41-32-18-9-11-20-40(32)49-44(41)48-43/h5-26H,1-4H3. The zero-order chi connectivity index (χ0) is 33.1. The molecule has 3 heteroatoms. The fraction of sp³-hybridized carbons (Fsp3) is 0.130. The minimum atomic E-state index is -0.0918. The molecule has 0 bridgehead atoms. The van der Waals surface area contributed by atoms with E-state index in [9.17, 15) is 0 Å². The van der Waals surface area contributed by atoms with Gasteiger partial charge in [0, 0.05) is 27.3 Å². The number of rotatable bonds is 3. The largest absolute Gasteiger partial charge is 0.438 e. The summed E-state index contributed by atoms with van der Waals surface area (Å²) in [5, 5.41) is 1.97. The number of aromatic nitrogens is 2. The van der Waals surface area contributed by atoms with Crippen LogP contribution in [0.2, 0.25) is 0 Å². The van der Waals surface area contributed by atoms with Gasteiger partial charge in [0.05, 0.1) is 11.1 Å². The molecule has 0 radical (unpaired) electrons. The molecule has 0 amide bonds. The van der Waals surface area contributed by atoms with Crippen molar-refractivity contribution in [3.8, 4) is 56.0 Å². The first-order chi connectivity index (χ1) is 23.8. The molecule has 0 spiro atoms. The van der Waals surface area contributed by atoms with Crippen molar-refractivity contribution >= 4 is 22.1 Å². The lowest BCUT2D eigenvalue weighted by atomic mass is 9.79. The minimum absolute atomic E-state index is 0.0423. The number of fused-ring (bicyclic) bond motifs is 9. The molecule has 0 saturated carbocycles. The molecule has 0 saturated heterocycles. The number of nitrogens with zero attached hydrogens (tertiary/aromatic N) is 2. The molecule has 0 fully saturated rings. The summed E-state index contributed by atoms with van der Waals surface area (Å²) in [5.41, 5.74) is 17.5. The zero-order valence-corrected chi connectivity index (χ0v) is 28.0. The molecule has 8 aromatic rings. The second-order valence-corrected chi connectivity index (χ2v) is 14.6. The normalized spacial score (nSPS) is 14.9. The van der Waals surface area contributed by atoms with E-state index in [1.54, 1.807) is 0 Å². The van der Waals surface area contributed by atoms with E-state index in [4.69, 9.17) is 14.4 Å². The van der Waals surface area contributed by atoms with Crippen LogP contribution in [0.25, 0.3) is 78.1 Å². The van der Waals surface area contributed by atoms with Gasteiger partial charge in [-0.15, -0.1) is 0 Å². The lowest BCUT2D eigenvalue weighted by Crippen LogP contribution is -2.16. The van der Waals surface area contributed by atoms with Crippen molar-refractivity contribution in [3.05, 3.63) is 156 Å². The maximum Gasteiger partial charge on any atom is 0.231 e. The Balaban J connectivity index is 1.11. The van der Waals surface area contributed by atoms with Crippen molar-refractivity contribution in [2.45, 2.75) is 38.5 Å². The molecule has 2 aliphatic rings. The Labute approximate surface area is 285 Å². The predicted molar refractivity (Wildman–Crippen MR) is 201 cm³/mol. The van der Waals surface area contributed by atoms with Crippen LogP contribution in [-0.4, -0.2) is 9.97 Å². The van der Waals surface area contributed by atoms with E-state index in [-0.39, 0.29) is 10.8 Å². The molecule has 2 aliphatic carbocycles. The third-order valence-corrected chi connectivity index (χ3v) is 11.1. The highest BCUT2D eigenvalue weighted by atomic mass is 16.3. The molecule has 2 aromatic heterocycles. The van der Waals surface area contributed by atoms with E-state index >= 15 is 0 Å². The van der Waals surface area contributed by atoms with Crippen LogP contribution in [0.5, 0.6) is 0 Å². The van der Waals surface area contributed by atoms with Gasteiger partial charge in [-0.05, 0) is 86.0 Å². The van der Waals surface area contributed by atoms with Crippen molar-refractivity contribution in [3.63, 3.8) is 0 Å². The molecular weight excluding hydrogens is 597 g/mol. The van der Waals surface area contributed by atoms with Crippen molar-refractivity contribution in [2.75, 3.05) is 0 Å². The fourth-order valence-electron chi connectivity index (χ4n) is 8.52. The van der Waals surface area contributed by atoms with Crippen LogP contribution in [0.4, 0.5) is 0 Å². The summed E-state index contributed by atoms with van der Waals surface area (Å²) in [5.74, 6) is 0.650. The molecule has 0 aliphatic heterocycles. The highest BCUT2D eigenvalue weighted by molar-refractivity contribution is 6.10. The molecule has 6 aromatic carbocycles. The average Bonchev–Trinajstić information content (AvgIpc) is 3.70. The van der Waals surface area contributed by atoms with Gasteiger partial charge in [-0.25, -0.2) is 4.98 Å². The van der Waals surface area contributed by atoms with E-state index in [0.717, 1.165) is 38.7 Å². The third-order valence-electron chi connectivity index (χ3n) is 11.1. The summed E-state index contributed by atoms with van der Waals surface area (Å²) in [4.78, 5) is 10.2. The predicted octanol–water partition coefficient (Wildman–Crippen LogP) is 12.0. The Hall–Kier alpha value is -5.80. The highest BCUT2D eigenvalue weighted by Gasteiger charge is 2.41. The number of para-hydroxylation sites is 1. The second-order valence-electron chi connectivity index (χ2n) is 14.6. The van der Waals surface area contributed by atoms with E-state index in [2.05, 4.69) is 125 Å². The van der Waals surface area contributed by atoms with Gasteiger partial charge >= 0.3 is 0 Å². The summed E-state index contributed by atoms with van der Waals surface area (Å²) in [7, 11) is 0. The van der Waals surface area contributed by atoms with Crippen LogP contribution in [0.1, 0.15) is 49.9 Å². The van der Waals surface area contributed by atoms with Crippen molar-refractivity contribution in [2.24, 2.45) is 0 Å². The highest BCUT2D eigenvalue weighted by Crippen LogP contribution is 2.56. The van der Waals surface area contributed by atoms with Gasteiger partial charge < -0.3 is 4.42 Å².